The van der Waals surface area contributed by atoms with Crippen molar-refractivity contribution in [3.05, 3.63) is 22.7 Å². The van der Waals surface area contributed by atoms with E-state index in [0.717, 1.165) is 0 Å². The average molecular weight is 259 g/mol. The van der Waals surface area contributed by atoms with Crippen LogP contribution in [0.4, 0.5) is 10.2 Å². The van der Waals surface area contributed by atoms with Gasteiger partial charge in [0, 0.05) is 11.4 Å². The van der Waals surface area contributed by atoms with E-state index >= 15 is 0 Å². The third-order valence-corrected chi connectivity index (χ3v) is 4.55. The third kappa shape index (κ3) is 2.16. The molecule has 17 heavy (non-hydrogen) atoms. The second kappa shape index (κ2) is 4.66. The van der Waals surface area contributed by atoms with Gasteiger partial charge in [0.05, 0.1) is 6.10 Å². The molecule has 2 rings (SSSR count). The molecule has 0 spiro atoms. The summed E-state index contributed by atoms with van der Waals surface area (Å²) in [7, 11) is 0. The molecule has 1 aliphatic rings. The summed E-state index contributed by atoms with van der Waals surface area (Å²) in [6.07, 6.45) is -0.438. The first-order chi connectivity index (χ1) is 8.04. The molecule has 0 amide bonds. The van der Waals surface area contributed by atoms with Gasteiger partial charge in [0.15, 0.2) is 6.17 Å². The third-order valence-electron chi connectivity index (χ3n) is 2.82. The zero-order valence-corrected chi connectivity index (χ0v) is 10.1. The molecular formula is C10H14FN3O2S. The van der Waals surface area contributed by atoms with Crippen molar-refractivity contribution < 1.29 is 9.50 Å². The van der Waals surface area contributed by atoms with Crippen molar-refractivity contribution in [3.63, 3.8) is 0 Å². The van der Waals surface area contributed by atoms with E-state index in [1.807, 2.05) is 6.92 Å². The van der Waals surface area contributed by atoms with Crippen molar-refractivity contribution in [2.45, 2.75) is 36.2 Å². The van der Waals surface area contributed by atoms with Gasteiger partial charge in [-0.2, -0.15) is 4.98 Å². The highest BCUT2D eigenvalue weighted by atomic mass is 32.2. The molecule has 1 aromatic heterocycles. The quantitative estimate of drug-likeness (QED) is 0.810. The number of nitrogens with zero attached hydrogens (tertiary/aromatic N) is 2. The van der Waals surface area contributed by atoms with E-state index in [0.29, 0.717) is 6.42 Å². The average Bonchev–Trinajstić information content (AvgIpc) is 2.57. The number of aliphatic hydroxyl groups is 1. The number of aromatic nitrogens is 2. The zero-order valence-electron chi connectivity index (χ0n) is 9.28. The van der Waals surface area contributed by atoms with Crippen LogP contribution >= 0.6 is 11.8 Å². The van der Waals surface area contributed by atoms with E-state index in [-0.39, 0.29) is 11.1 Å². The van der Waals surface area contributed by atoms with Gasteiger partial charge in [-0.15, -0.1) is 11.8 Å². The molecular weight excluding hydrogens is 245 g/mol. The van der Waals surface area contributed by atoms with Crippen LogP contribution in [0, 0.1) is 0 Å². The Morgan fingerprint density at radius 1 is 1.71 bits per heavy atom. The summed E-state index contributed by atoms with van der Waals surface area (Å²) in [6.45, 7) is 1.87. The molecule has 1 fully saturated rings. The highest BCUT2D eigenvalue weighted by Gasteiger charge is 2.44. The predicted octanol–water partition coefficient (Wildman–Crippen LogP) is 0.548. The van der Waals surface area contributed by atoms with Crippen molar-refractivity contribution in [1.29, 1.82) is 0 Å². The molecule has 1 aromatic rings. The normalized spacial score (nSPS) is 32.9. The maximum absolute atomic E-state index is 13.9. The molecule has 0 aromatic carbocycles. The molecule has 1 saturated heterocycles. The molecule has 0 saturated carbocycles. The molecule has 0 radical (unpaired) electrons. The largest absolute Gasteiger partial charge is 0.389 e. The minimum absolute atomic E-state index is 0.109. The molecule has 3 N–H and O–H groups in total. The lowest BCUT2D eigenvalue weighted by molar-refractivity contribution is 0.0750. The van der Waals surface area contributed by atoms with Gasteiger partial charge in [0.25, 0.3) is 0 Å². The minimum Gasteiger partial charge on any atom is -0.389 e. The van der Waals surface area contributed by atoms with Crippen LogP contribution in [0.1, 0.15) is 18.7 Å². The predicted molar refractivity (Wildman–Crippen MR) is 64.5 cm³/mol. The smallest absolute Gasteiger partial charge is 0.350 e. The summed E-state index contributed by atoms with van der Waals surface area (Å²) < 4.78 is 15.1. The van der Waals surface area contributed by atoms with Gasteiger partial charge in [-0.1, -0.05) is 6.92 Å². The summed E-state index contributed by atoms with van der Waals surface area (Å²) in [5, 5.41) is 8.76. The Labute approximate surface area is 102 Å². The molecule has 1 aliphatic heterocycles. The zero-order chi connectivity index (χ0) is 12.6. The van der Waals surface area contributed by atoms with E-state index in [1.54, 1.807) is 0 Å². The van der Waals surface area contributed by atoms with Gasteiger partial charge >= 0.3 is 5.69 Å². The number of nitrogens with two attached hydrogens (primary N) is 1. The summed E-state index contributed by atoms with van der Waals surface area (Å²) in [4.78, 5) is 15.1. The maximum atomic E-state index is 13.9. The van der Waals surface area contributed by atoms with Crippen molar-refractivity contribution in [2.24, 2.45) is 0 Å². The van der Waals surface area contributed by atoms with E-state index in [4.69, 9.17) is 5.73 Å². The molecule has 0 bridgehead atoms. The van der Waals surface area contributed by atoms with Crippen molar-refractivity contribution >= 4 is 17.6 Å². The molecule has 4 atom stereocenters. The molecule has 7 heteroatoms. The van der Waals surface area contributed by atoms with Crippen LogP contribution in [0.15, 0.2) is 17.1 Å². The number of thioether (sulfide) groups is 1. The number of alkyl halides is 1. The Morgan fingerprint density at radius 2 is 2.41 bits per heavy atom. The Balaban J connectivity index is 2.32. The topological polar surface area (TPSA) is 81.1 Å². The van der Waals surface area contributed by atoms with E-state index in [1.165, 1.54) is 28.6 Å². The fourth-order valence-corrected chi connectivity index (χ4v) is 3.35. The number of rotatable bonds is 2. The van der Waals surface area contributed by atoms with Crippen molar-refractivity contribution in [2.75, 3.05) is 5.73 Å². The van der Waals surface area contributed by atoms with E-state index in [2.05, 4.69) is 4.98 Å². The van der Waals surface area contributed by atoms with Gasteiger partial charge in [-0.25, -0.2) is 9.18 Å². The lowest BCUT2D eigenvalue weighted by Gasteiger charge is -2.15. The summed E-state index contributed by atoms with van der Waals surface area (Å²) in [6, 6.07) is 1.44. The van der Waals surface area contributed by atoms with Crippen LogP contribution in [0.25, 0.3) is 0 Å². The van der Waals surface area contributed by atoms with Crippen molar-refractivity contribution in [3.8, 4) is 0 Å². The standard InChI is InChI=1S/C10H14FN3O2S/c1-2-5-8(15)7(11)9(17-5)14-4-3-6(12)13-10(14)16/h3-5,7-9,15H,2H2,1H3,(H2,12,13,16)/t5-,7+,8-,9-/m1/s1. The van der Waals surface area contributed by atoms with Gasteiger partial charge < -0.3 is 10.8 Å². The fraction of sp³-hybridized carbons (Fsp3) is 0.600. The second-order valence-corrected chi connectivity index (χ2v) is 5.31. The van der Waals surface area contributed by atoms with Crippen LogP contribution in [0.2, 0.25) is 0 Å². The van der Waals surface area contributed by atoms with Crippen molar-refractivity contribution in [1.82, 2.24) is 9.55 Å². The van der Waals surface area contributed by atoms with E-state index < -0.39 is 23.3 Å². The lowest BCUT2D eigenvalue weighted by Crippen LogP contribution is -2.32. The van der Waals surface area contributed by atoms with Crippen LogP contribution in [-0.2, 0) is 0 Å². The highest BCUT2D eigenvalue weighted by Crippen LogP contribution is 2.44. The first kappa shape index (κ1) is 12.4. The SMILES string of the molecule is CC[C@H]1S[C@@H](n2ccc(N)nc2=O)[C@@H](F)[C@@H]1O. The Morgan fingerprint density at radius 3 is 2.94 bits per heavy atom. The number of hydrogen-bond donors (Lipinski definition) is 2. The maximum Gasteiger partial charge on any atom is 0.350 e. The van der Waals surface area contributed by atoms with Crippen LogP contribution in [-0.4, -0.2) is 32.2 Å². The van der Waals surface area contributed by atoms with Gasteiger partial charge in [0.2, 0.25) is 0 Å². The number of anilines is 1. The van der Waals surface area contributed by atoms with Gasteiger partial charge in [-0.05, 0) is 12.5 Å². The Bertz CT molecular complexity index is 467. The van der Waals surface area contributed by atoms with Gasteiger partial charge in [-0.3, -0.25) is 4.57 Å². The molecule has 0 unspecified atom stereocenters. The van der Waals surface area contributed by atoms with Gasteiger partial charge in [0.1, 0.15) is 11.2 Å². The fourth-order valence-electron chi connectivity index (χ4n) is 1.88. The minimum atomic E-state index is -1.46. The highest BCUT2D eigenvalue weighted by molar-refractivity contribution is 8.00. The summed E-state index contributed by atoms with van der Waals surface area (Å²) in [5.41, 5.74) is 4.78. The molecule has 0 aliphatic carbocycles. The van der Waals surface area contributed by atoms with Crippen LogP contribution < -0.4 is 11.4 Å². The van der Waals surface area contributed by atoms with Crippen LogP contribution in [0.5, 0.6) is 0 Å². The molecule has 5 nitrogen and oxygen atoms in total. The molecule has 2 heterocycles. The summed E-state index contributed by atoms with van der Waals surface area (Å²) in [5.74, 6) is 0.109. The summed E-state index contributed by atoms with van der Waals surface area (Å²) >= 11 is 1.26. The first-order valence-electron chi connectivity index (χ1n) is 5.37. The Kier molecular flexibility index (Phi) is 3.39. The number of halogens is 1. The molecule has 94 valence electrons. The van der Waals surface area contributed by atoms with E-state index in [9.17, 15) is 14.3 Å². The Hall–Kier alpha value is -1.08. The number of hydrogen-bond acceptors (Lipinski definition) is 5. The number of aliphatic hydroxyl groups excluding tert-OH is 1. The lowest BCUT2D eigenvalue weighted by atomic mass is 10.1. The second-order valence-electron chi connectivity index (χ2n) is 3.95. The first-order valence-corrected chi connectivity index (χ1v) is 6.31. The van der Waals surface area contributed by atoms with Crippen LogP contribution in [0.3, 0.4) is 0 Å². The number of nitrogen functional groups attached to an aromatic ring is 1. The monoisotopic (exact) mass is 259 g/mol.